The van der Waals surface area contributed by atoms with Crippen LogP contribution >= 0.6 is 0 Å². The van der Waals surface area contributed by atoms with Crippen LogP contribution in [0.1, 0.15) is 75.6 Å². The lowest BCUT2D eigenvalue weighted by atomic mass is 9.93. The predicted octanol–water partition coefficient (Wildman–Crippen LogP) is 4.55. The molecule has 0 radical (unpaired) electrons. The number of fused-ring (bicyclic) bond motifs is 7. The number of rotatable bonds is 5. The Kier molecular flexibility index (Phi) is 6.12. The number of nitrogens with zero attached hydrogens (tertiary/aromatic N) is 5. The minimum absolute atomic E-state index is 0.186. The van der Waals surface area contributed by atoms with Crippen LogP contribution in [0.25, 0.3) is 5.82 Å². The SMILES string of the molecule is CC1(C)CC2CCCNc3cccc(n3)S(=O)(=O)NC(=O)c3ccc(-n4ccc(OCCC5C6(CC6)C56CC6)n4)nc3N1C2. The standard InChI is InChI=1S/C32H39N7O4S/c1-30(2)19-21-5-4-16-33-24-6-3-7-27(34-24)44(41,42)37-29(40)22-8-9-25(35-28(22)38(30)20-21)39-17-10-26(36-39)43-18-11-23-31(12-13-31)32(23)14-15-32/h3,6-10,17,21,23H,4-5,11-16,18-20H2,1-2H3,(H,33,34)(H,37,40). The van der Waals surface area contributed by atoms with Crippen molar-refractivity contribution in [2.45, 2.75) is 75.8 Å². The van der Waals surface area contributed by atoms with Gasteiger partial charge in [0.05, 0.1) is 12.2 Å². The number of hydrogen-bond acceptors (Lipinski definition) is 9. The molecule has 8 rings (SSSR count). The Labute approximate surface area is 257 Å². The van der Waals surface area contributed by atoms with Crippen LogP contribution in [0.5, 0.6) is 5.88 Å². The fraction of sp³-hybridized carbons (Fsp3) is 0.562. The van der Waals surface area contributed by atoms with E-state index >= 15 is 0 Å². The Morgan fingerprint density at radius 2 is 1.84 bits per heavy atom. The van der Waals surface area contributed by atoms with Crippen molar-refractivity contribution >= 4 is 27.6 Å². The number of anilines is 2. The molecule has 1 amide bonds. The molecule has 4 bridgehead atoms. The first-order chi connectivity index (χ1) is 21.1. The molecule has 2 N–H and O–H groups in total. The van der Waals surface area contributed by atoms with Gasteiger partial charge in [0, 0.05) is 30.9 Å². The van der Waals surface area contributed by atoms with E-state index in [1.54, 1.807) is 28.9 Å². The molecule has 44 heavy (non-hydrogen) atoms. The van der Waals surface area contributed by atoms with E-state index in [-0.39, 0.29) is 16.1 Å². The lowest BCUT2D eigenvalue weighted by Crippen LogP contribution is -2.41. The molecule has 3 saturated carbocycles. The number of nitrogens with one attached hydrogen (secondary N) is 2. The molecule has 1 atom stereocenters. The summed E-state index contributed by atoms with van der Waals surface area (Å²) in [7, 11) is -4.22. The van der Waals surface area contributed by atoms with Gasteiger partial charge in [0.2, 0.25) is 5.88 Å². The summed E-state index contributed by atoms with van der Waals surface area (Å²) in [5.74, 6) is 2.44. The summed E-state index contributed by atoms with van der Waals surface area (Å²) in [4.78, 5) is 25.0. The number of carbonyl (C=O) groups excluding carboxylic acids is 1. The van der Waals surface area contributed by atoms with Gasteiger partial charge in [-0.3, -0.25) is 4.79 Å². The quantitative estimate of drug-likeness (QED) is 0.423. The maximum absolute atomic E-state index is 13.6. The summed E-state index contributed by atoms with van der Waals surface area (Å²) >= 11 is 0. The first-order valence-corrected chi connectivity index (χ1v) is 17.3. The number of hydrogen-bond donors (Lipinski definition) is 2. The second-order valence-corrected chi connectivity index (χ2v) is 15.6. The normalized spacial score (nSPS) is 25.4. The topological polar surface area (TPSA) is 131 Å². The molecule has 3 aromatic heterocycles. The molecular formula is C32H39N7O4S. The van der Waals surface area contributed by atoms with E-state index in [0.29, 0.717) is 59.8 Å². The van der Waals surface area contributed by atoms with Gasteiger partial charge in [-0.25, -0.2) is 19.4 Å². The average Bonchev–Trinajstić information content (AvgIpc) is 3.94. The molecule has 5 aliphatic rings. The fourth-order valence-corrected chi connectivity index (χ4v) is 9.48. The summed E-state index contributed by atoms with van der Waals surface area (Å²) in [6, 6.07) is 9.89. The highest BCUT2D eigenvalue weighted by Crippen LogP contribution is 2.93. The first kappa shape index (κ1) is 27.8. The number of amides is 1. The second kappa shape index (κ2) is 9.66. The smallest absolute Gasteiger partial charge is 0.281 e. The Morgan fingerprint density at radius 3 is 2.61 bits per heavy atom. The molecule has 2 aliphatic heterocycles. The van der Waals surface area contributed by atoms with Crippen LogP contribution in [-0.4, -0.2) is 59.3 Å². The van der Waals surface area contributed by atoms with E-state index in [1.165, 1.54) is 31.7 Å². The van der Waals surface area contributed by atoms with Gasteiger partial charge in [0.1, 0.15) is 11.6 Å². The highest BCUT2D eigenvalue weighted by atomic mass is 32.2. The fourth-order valence-electron chi connectivity index (χ4n) is 8.55. The van der Waals surface area contributed by atoms with Crippen molar-refractivity contribution in [3.8, 4) is 11.7 Å². The van der Waals surface area contributed by atoms with Crippen LogP contribution in [0, 0.1) is 22.7 Å². The van der Waals surface area contributed by atoms with Gasteiger partial charge in [0.25, 0.3) is 15.9 Å². The molecule has 12 heteroatoms. The van der Waals surface area contributed by atoms with Crippen LogP contribution in [0.2, 0.25) is 0 Å². The van der Waals surface area contributed by atoms with Gasteiger partial charge < -0.3 is 15.0 Å². The molecule has 5 heterocycles. The third-order valence-electron chi connectivity index (χ3n) is 10.9. The lowest BCUT2D eigenvalue weighted by Gasteiger charge is -2.34. The van der Waals surface area contributed by atoms with Crippen LogP contribution in [-0.2, 0) is 10.0 Å². The van der Waals surface area contributed by atoms with E-state index in [4.69, 9.17) is 9.72 Å². The Bertz CT molecular complexity index is 1730. The number of pyridine rings is 2. The van der Waals surface area contributed by atoms with Gasteiger partial charge in [-0.05, 0) is 112 Å². The van der Waals surface area contributed by atoms with Crippen molar-refractivity contribution in [1.82, 2.24) is 24.5 Å². The Balaban J connectivity index is 1.07. The van der Waals surface area contributed by atoms with E-state index in [0.717, 1.165) is 31.6 Å². The maximum Gasteiger partial charge on any atom is 0.281 e. The molecule has 11 nitrogen and oxygen atoms in total. The van der Waals surface area contributed by atoms with Crippen LogP contribution in [0.15, 0.2) is 47.6 Å². The molecular weight excluding hydrogens is 578 g/mol. The molecule has 3 aromatic rings. The van der Waals surface area contributed by atoms with Crippen LogP contribution < -0.4 is 19.7 Å². The Hall–Kier alpha value is -3.67. The summed E-state index contributed by atoms with van der Waals surface area (Å²) in [5, 5.41) is 7.65. The number of aromatic nitrogens is 4. The highest BCUT2D eigenvalue weighted by Gasteiger charge is 2.85. The van der Waals surface area contributed by atoms with Crippen molar-refractivity contribution < 1.29 is 17.9 Å². The molecule has 1 unspecified atom stereocenters. The maximum atomic E-state index is 13.6. The van der Waals surface area contributed by atoms with Crippen molar-refractivity contribution in [3.63, 3.8) is 0 Å². The minimum atomic E-state index is -4.22. The summed E-state index contributed by atoms with van der Waals surface area (Å²) in [6.45, 7) is 6.33. The van der Waals surface area contributed by atoms with Gasteiger partial charge >= 0.3 is 0 Å². The zero-order valence-corrected chi connectivity index (χ0v) is 26.1. The second-order valence-electron chi connectivity index (χ2n) is 14.0. The summed E-state index contributed by atoms with van der Waals surface area (Å²) in [5.41, 5.74) is 1.23. The van der Waals surface area contributed by atoms with E-state index < -0.39 is 15.9 Å². The minimum Gasteiger partial charge on any atom is -0.477 e. The highest BCUT2D eigenvalue weighted by molar-refractivity contribution is 7.90. The summed E-state index contributed by atoms with van der Waals surface area (Å²) < 4.78 is 36.4. The van der Waals surface area contributed by atoms with E-state index in [2.05, 4.69) is 38.9 Å². The van der Waals surface area contributed by atoms with Gasteiger partial charge in [-0.15, -0.1) is 5.10 Å². The van der Waals surface area contributed by atoms with E-state index in [1.807, 2.05) is 12.3 Å². The molecule has 2 spiro atoms. The van der Waals surface area contributed by atoms with Crippen molar-refractivity contribution in [2.24, 2.45) is 22.7 Å². The van der Waals surface area contributed by atoms with Crippen LogP contribution in [0.3, 0.4) is 0 Å². The number of sulfonamides is 1. The average molecular weight is 618 g/mol. The zero-order valence-electron chi connectivity index (χ0n) is 25.3. The van der Waals surface area contributed by atoms with Crippen molar-refractivity contribution in [2.75, 3.05) is 29.9 Å². The number of ether oxygens (including phenoxy) is 1. The summed E-state index contributed by atoms with van der Waals surface area (Å²) in [6.07, 6.45) is 11.3. The van der Waals surface area contributed by atoms with Gasteiger partial charge in [0.15, 0.2) is 10.8 Å². The largest absolute Gasteiger partial charge is 0.477 e. The van der Waals surface area contributed by atoms with Gasteiger partial charge in [-0.2, -0.15) is 8.42 Å². The third kappa shape index (κ3) is 4.55. The molecule has 4 fully saturated rings. The lowest BCUT2D eigenvalue weighted by molar-refractivity contribution is 0.0981. The third-order valence-corrected chi connectivity index (χ3v) is 12.1. The molecule has 3 aliphatic carbocycles. The molecule has 0 aromatic carbocycles. The number of carbonyl (C=O) groups is 1. The van der Waals surface area contributed by atoms with Crippen molar-refractivity contribution in [1.29, 1.82) is 0 Å². The zero-order chi connectivity index (χ0) is 30.3. The molecule has 1 saturated heterocycles. The van der Waals surface area contributed by atoms with Crippen LogP contribution in [0.4, 0.5) is 11.6 Å². The Morgan fingerprint density at radius 1 is 1.05 bits per heavy atom. The predicted molar refractivity (Wildman–Crippen MR) is 164 cm³/mol. The molecule has 232 valence electrons. The van der Waals surface area contributed by atoms with E-state index in [9.17, 15) is 13.2 Å². The van der Waals surface area contributed by atoms with Crippen molar-refractivity contribution in [3.05, 3.63) is 48.2 Å². The monoisotopic (exact) mass is 617 g/mol. The van der Waals surface area contributed by atoms with Gasteiger partial charge in [-0.1, -0.05) is 6.07 Å². The first-order valence-electron chi connectivity index (χ1n) is 15.9.